The Hall–Kier alpha value is -0.950. The molecule has 0 radical (unpaired) electrons. The Labute approximate surface area is 114 Å². The average molecular weight is 289 g/mol. The van der Waals surface area contributed by atoms with Gasteiger partial charge in [-0.1, -0.05) is 25.9 Å². The first kappa shape index (κ1) is 16.1. The summed E-state index contributed by atoms with van der Waals surface area (Å²) in [4.78, 5) is 4.18. The van der Waals surface area contributed by atoms with Gasteiger partial charge in [-0.2, -0.15) is 4.98 Å². The highest BCUT2D eigenvalue weighted by Crippen LogP contribution is 2.23. The Morgan fingerprint density at radius 3 is 2.37 bits per heavy atom. The Kier molecular flexibility index (Phi) is 4.73. The van der Waals surface area contributed by atoms with E-state index < -0.39 is 15.1 Å². The molecule has 6 nitrogen and oxygen atoms in total. The van der Waals surface area contributed by atoms with Crippen molar-refractivity contribution in [2.75, 3.05) is 13.3 Å². The zero-order chi connectivity index (χ0) is 14.8. The number of hydrogen-bond donors (Lipinski definition) is 1. The third-order valence-corrected chi connectivity index (χ3v) is 4.76. The number of sulfone groups is 1. The second-order valence-electron chi connectivity index (χ2n) is 5.93. The molecule has 0 aliphatic carbocycles. The Bertz CT molecular complexity index is 517. The molecular formula is C12H23N3O3S. The Morgan fingerprint density at radius 1 is 1.37 bits per heavy atom. The van der Waals surface area contributed by atoms with Gasteiger partial charge in [0.1, 0.15) is 5.25 Å². The first-order valence-corrected chi connectivity index (χ1v) is 8.19. The summed E-state index contributed by atoms with van der Waals surface area (Å²) < 4.78 is 28.0. The molecule has 1 aromatic rings. The van der Waals surface area contributed by atoms with Gasteiger partial charge in [0.05, 0.1) is 0 Å². The van der Waals surface area contributed by atoms with Gasteiger partial charge in [0.25, 0.3) is 0 Å². The van der Waals surface area contributed by atoms with E-state index in [2.05, 4.69) is 36.2 Å². The third kappa shape index (κ3) is 4.28. The van der Waals surface area contributed by atoms with E-state index in [-0.39, 0.29) is 17.3 Å². The van der Waals surface area contributed by atoms with Crippen LogP contribution >= 0.6 is 0 Å². The van der Waals surface area contributed by atoms with E-state index in [1.165, 1.54) is 6.26 Å². The molecule has 0 saturated heterocycles. The van der Waals surface area contributed by atoms with E-state index in [1.807, 2.05) is 7.05 Å². The number of nitrogens with zero attached hydrogens (tertiary/aromatic N) is 2. The second-order valence-corrected chi connectivity index (χ2v) is 8.30. The quantitative estimate of drug-likeness (QED) is 0.880. The maximum Gasteiger partial charge on any atom is 0.228 e. The normalized spacial score (nSPS) is 16.3. The van der Waals surface area contributed by atoms with Crippen molar-refractivity contribution in [1.29, 1.82) is 0 Å². The molecule has 19 heavy (non-hydrogen) atoms. The maximum atomic E-state index is 11.4. The molecule has 0 spiro atoms. The van der Waals surface area contributed by atoms with Crippen LogP contribution in [0.4, 0.5) is 0 Å². The van der Waals surface area contributed by atoms with Crippen molar-refractivity contribution in [3.05, 3.63) is 11.7 Å². The number of rotatable bonds is 5. The average Bonchev–Trinajstić information content (AvgIpc) is 2.70. The molecule has 2 unspecified atom stereocenters. The smallest absolute Gasteiger partial charge is 0.228 e. The van der Waals surface area contributed by atoms with E-state index in [1.54, 1.807) is 6.92 Å². The Morgan fingerprint density at radius 2 is 1.95 bits per heavy atom. The van der Waals surface area contributed by atoms with E-state index in [0.29, 0.717) is 12.3 Å². The third-order valence-electron chi connectivity index (χ3n) is 3.26. The Balaban J connectivity index is 2.86. The van der Waals surface area contributed by atoms with Crippen molar-refractivity contribution < 1.29 is 12.9 Å². The summed E-state index contributed by atoms with van der Waals surface area (Å²) in [7, 11) is -1.32. The fourth-order valence-corrected chi connectivity index (χ4v) is 2.20. The SMILES string of the molecule is CNC(Cc1nc(C(C)S(C)(=O)=O)no1)C(C)(C)C. The van der Waals surface area contributed by atoms with E-state index >= 15 is 0 Å². The van der Waals surface area contributed by atoms with Crippen LogP contribution < -0.4 is 5.32 Å². The van der Waals surface area contributed by atoms with Gasteiger partial charge >= 0.3 is 0 Å². The summed E-state index contributed by atoms with van der Waals surface area (Å²) in [6.45, 7) is 7.91. The molecule has 0 bridgehead atoms. The van der Waals surface area contributed by atoms with Crippen LogP contribution in [0.5, 0.6) is 0 Å². The highest BCUT2D eigenvalue weighted by Gasteiger charge is 2.27. The number of likely N-dealkylation sites (N-methyl/N-ethyl adjacent to an activating group) is 1. The largest absolute Gasteiger partial charge is 0.339 e. The second kappa shape index (κ2) is 5.58. The summed E-state index contributed by atoms with van der Waals surface area (Å²) in [5, 5.41) is 6.23. The van der Waals surface area contributed by atoms with Gasteiger partial charge in [0.2, 0.25) is 5.89 Å². The molecule has 1 rings (SSSR count). The summed E-state index contributed by atoms with van der Waals surface area (Å²) in [5.41, 5.74) is 0.0475. The molecule has 1 N–H and O–H groups in total. The summed E-state index contributed by atoms with van der Waals surface area (Å²) in [5.74, 6) is 0.682. The minimum absolute atomic E-state index is 0.0475. The number of nitrogens with one attached hydrogen (secondary N) is 1. The van der Waals surface area contributed by atoms with Gasteiger partial charge in [0, 0.05) is 18.7 Å². The van der Waals surface area contributed by atoms with Crippen LogP contribution in [-0.4, -0.2) is 37.9 Å². The first-order chi connectivity index (χ1) is 8.55. The molecular weight excluding hydrogens is 266 g/mol. The highest BCUT2D eigenvalue weighted by atomic mass is 32.2. The summed E-state index contributed by atoms with van der Waals surface area (Å²) >= 11 is 0. The summed E-state index contributed by atoms with van der Waals surface area (Å²) in [6, 6.07) is 0.175. The van der Waals surface area contributed by atoms with Crippen LogP contribution in [0.2, 0.25) is 0 Å². The maximum absolute atomic E-state index is 11.4. The molecule has 0 aliphatic heterocycles. The van der Waals surface area contributed by atoms with Crippen LogP contribution in [0, 0.1) is 5.41 Å². The summed E-state index contributed by atoms with van der Waals surface area (Å²) in [6.07, 6.45) is 1.74. The van der Waals surface area contributed by atoms with Gasteiger partial charge in [-0.25, -0.2) is 8.42 Å². The van der Waals surface area contributed by atoms with Crippen molar-refractivity contribution in [1.82, 2.24) is 15.5 Å². The predicted octanol–water partition coefficient (Wildman–Crippen LogP) is 1.35. The number of hydrogen-bond acceptors (Lipinski definition) is 6. The zero-order valence-electron chi connectivity index (χ0n) is 12.4. The van der Waals surface area contributed by atoms with Crippen LogP contribution in [0.1, 0.15) is 44.7 Å². The van der Waals surface area contributed by atoms with Crippen LogP contribution in [0.15, 0.2) is 4.52 Å². The van der Waals surface area contributed by atoms with Crippen molar-refractivity contribution in [2.24, 2.45) is 5.41 Å². The van der Waals surface area contributed by atoms with Crippen LogP contribution in [-0.2, 0) is 16.3 Å². The first-order valence-electron chi connectivity index (χ1n) is 6.24. The number of aromatic nitrogens is 2. The fraction of sp³-hybridized carbons (Fsp3) is 0.833. The fourth-order valence-electron chi connectivity index (χ4n) is 1.72. The van der Waals surface area contributed by atoms with Gasteiger partial charge in [-0.3, -0.25) is 0 Å². The van der Waals surface area contributed by atoms with Crippen molar-refractivity contribution in [3.8, 4) is 0 Å². The van der Waals surface area contributed by atoms with Gasteiger partial charge < -0.3 is 9.84 Å². The standard InChI is InChI=1S/C12H23N3O3S/c1-8(19(6,16)17)11-14-10(18-15-11)7-9(13-5)12(2,3)4/h8-9,13H,7H2,1-6H3. The van der Waals surface area contributed by atoms with Gasteiger partial charge in [-0.15, -0.1) is 0 Å². The zero-order valence-corrected chi connectivity index (χ0v) is 13.2. The molecule has 0 amide bonds. The molecule has 1 aromatic heterocycles. The monoisotopic (exact) mass is 289 g/mol. The van der Waals surface area contributed by atoms with Crippen molar-refractivity contribution >= 4 is 9.84 Å². The minimum Gasteiger partial charge on any atom is -0.339 e. The van der Waals surface area contributed by atoms with Crippen molar-refractivity contribution in [2.45, 2.75) is 45.4 Å². The van der Waals surface area contributed by atoms with Gasteiger partial charge in [0.15, 0.2) is 15.7 Å². The molecule has 0 aromatic carbocycles. The van der Waals surface area contributed by atoms with Gasteiger partial charge in [-0.05, 0) is 19.4 Å². The van der Waals surface area contributed by atoms with Crippen LogP contribution in [0.25, 0.3) is 0 Å². The lowest BCUT2D eigenvalue weighted by Crippen LogP contribution is -2.39. The lowest BCUT2D eigenvalue weighted by Gasteiger charge is -2.29. The molecule has 0 fully saturated rings. The molecule has 2 atom stereocenters. The lowest BCUT2D eigenvalue weighted by atomic mass is 9.85. The topological polar surface area (TPSA) is 85.1 Å². The lowest BCUT2D eigenvalue weighted by molar-refractivity contribution is 0.255. The van der Waals surface area contributed by atoms with E-state index in [0.717, 1.165) is 0 Å². The highest BCUT2D eigenvalue weighted by molar-refractivity contribution is 7.90. The molecule has 0 aliphatic rings. The molecule has 1 heterocycles. The molecule has 110 valence electrons. The van der Waals surface area contributed by atoms with Crippen LogP contribution in [0.3, 0.4) is 0 Å². The molecule has 0 saturated carbocycles. The molecule has 7 heteroatoms. The minimum atomic E-state index is -3.21. The van der Waals surface area contributed by atoms with E-state index in [9.17, 15) is 8.42 Å². The van der Waals surface area contributed by atoms with Crippen molar-refractivity contribution in [3.63, 3.8) is 0 Å². The predicted molar refractivity (Wildman–Crippen MR) is 73.6 cm³/mol. The van der Waals surface area contributed by atoms with E-state index in [4.69, 9.17) is 4.52 Å².